The molecule has 2 atom stereocenters. The number of hydrogen-bond donors (Lipinski definition) is 0. The molecule has 29 heavy (non-hydrogen) atoms. The van der Waals surface area contributed by atoms with Crippen molar-refractivity contribution in [2.75, 3.05) is 0 Å². The zero-order valence-corrected chi connectivity index (χ0v) is 18.2. The Kier molecular flexibility index (Phi) is 5.57. The normalized spacial score (nSPS) is 20.6. The molecule has 6 nitrogen and oxygen atoms in total. The Bertz CT molecular complexity index is 876. The number of ether oxygens (including phenoxy) is 1. The van der Waals surface area contributed by atoms with Crippen LogP contribution in [-0.4, -0.2) is 38.3 Å². The molecule has 2 aromatic rings. The van der Waals surface area contributed by atoms with E-state index in [1.54, 1.807) is 6.20 Å². The Morgan fingerprint density at radius 1 is 1.14 bits per heavy atom. The molecular formula is C23H31N3O3. The monoisotopic (exact) mass is 397 g/mol. The van der Waals surface area contributed by atoms with Crippen LogP contribution in [-0.2, 0) is 9.53 Å². The Morgan fingerprint density at radius 2 is 1.86 bits per heavy atom. The SMILES string of the molecule is CC(C)(C)OC(=O)N1C(=O)C[C@H](c2cccc(-n3cccn3)c2)C[C@@H]1C(C)(C)C. The molecule has 1 saturated heterocycles. The van der Waals surface area contributed by atoms with Crippen LogP contribution >= 0.6 is 0 Å². The van der Waals surface area contributed by atoms with Crippen molar-refractivity contribution in [3.05, 3.63) is 48.3 Å². The highest BCUT2D eigenvalue weighted by Gasteiger charge is 2.45. The minimum atomic E-state index is -0.644. The topological polar surface area (TPSA) is 64.4 Å². The van der Waals surface area contributed by atoms with E-state index in [1.807, 2.05) is 55.9 Å². The minimum absolute atomic E-state index is 0.0425. The van der Waals surface area contributed by atoms with Crippen LogP contribution in [0.4, 0.5) is 4.79 Å². The Hall–Kier alpha value is -2.63. The summed E-state index contributed by atoms with van der Waals surface area (Å²) in [6, 6.07) is 9.75. The highest BCUT2D eigenvalue weighted by molar-refractivity contribution is 5.93. The van der Waals surface area contributed by atoms with E-state index in [-0.39, 0.29) is 29.7 Å². The summed E-state index contributed by atoms with van der Waals surface area (Å²) in [7, 11) is 0. The van der Waals surface area contributed by atoms with Gasteiger partial charge in [-0.15, -0.1) is 0 Å². The van der Waals surface area contributed by atoms with Crippen molar-refractivity contribution < 1.29 is 14.3 Å². The molecule has 0 aliphatic carbocycles. The zero-order valence-electron chi connectivity index (χ0n) is 18.2. The Labute approximate surface area is 172 Å². The van der Waals surface area contributed by atoms with Gasteiger partial charge < -0.3 is 4.74 Å². The van der Waals surface area contributed by atoms with Crippen molar-refractivity contribution in [1.29, 1.82) is 0 Å². The summed E-state index contributed by atoms with van der Waals surface area (Å²) in [4.78, 5) is 27.2. The summed E-state index contributed by atoms with van der Waals surface area (Å²) < 4.78 is 7.34. The van der Waals surface area contributed by atoms with Crippen molar-refractivity contribution in [1.82, 2.24) is 14.7 Å². The zero-order chi connectivity index (χ0) is 21.4. The minimum Gasteiger partial charge on any atom is -0.443 e. The number of benzene rings is 1. The standard InChI is InChI=1S/C23H31N3O3/c1-22(2,3)19-14-17(15-20(27)26(19)21(28)29-23(4,5)6)16-9-7-10-18(13-16)25-12-8-11-24-25/h7-13,17,19H,14-15H2,1-6H3/t17-,19-/m1/s1. The number of carbonyl (C=O) groups excluding carboxylic acids is 2. The van der Waals surface area contributed by atoms with Crippen LogP contribution in [0.1, 0.15) is 65.9 Å². The molecule has 0 unspecified atom stereocenters. The summed E-state index contributed by atoms with van der Waals surface area (Å²) in [6.45, 7) is 11.6. The van der Waals surface area contributed by atoms with E-state index in [2.05, 4.69) is 31.9 Å². The first kappa shape index (κ1) is 21.1. The molecule has 0 spiro atoms. The third kappa shape index (κ3) is 4.86. The summed E-state index contributed by atoms with van der Waals surface area (Å²) in [5.41, 5.74) is 1.14. The van der Waals surface area contributed by atoms with Gasteiger partial charge in [0.25, 0.3) is 0 Å². The maximum atomic E-state index is 13.1. The molecule has 0 saturated carbocycles. The average molecular weight is 398 g/mol. The Balaban J connectivity index is 1.89. The van der Waals surface area contributed by atoms with E-state index < -0.39 is 11.7 Å². The van der Waals surface area contributed by atoms with E-state index >= 15 is 0 Å². The van der Waals surface area contributed by atoms with Crippen molar-refractivity contribution >= 4 is 12.0 Å². The van der Waals surface area contributed by atoms with Crippen molar-refractivity contribution in [2.45, 2.75) is 71.9 Å². The number of rotatable bonds is 2. The van der Waals surface area contributed by atoms with Crippen molar-refractivity contribution in [2.24, 2.45) is 5.41 Å². The molecular weight excluding hydrogens is 366 g/mol. The maximum Gasteiger partial charge on any atom is 0.417 e. The van der Waals surface area contributed by atoms with Crippen molar-refractivity contribution in [3.63, 3.8) is 0 Å². The molecule has 1 aliphatic heterocycles. The first-order valence-corrected chi connectivity index (χ1v) is 10.1. The predicted molar refractivity (Wildman–Crippen MR) is 112 cm³/mol. The molecule has 156 valence electrons. The van der Waals surface area contributed by atoms with Crippen LogP contribution in [0.5, 0.6) is 0 Å². The molecule has 6 heteroatoms. The van der Waals surface area contributed by atoms with Crippen LogP contribution in [0.25, 0.3) is 5.69 Å². The van der Waals surface area contributed by atoms with Crippen molar-refractivity contribution in [3.8, 4) is 5.69 Å². The van der Waals surface area contributed by atoms with Gasteiger partial charge in [0, 0.05) is 24.9 Å². The lowest BCUT2D eigenvalue weighted by molar-refractivity contribution is -0.138. The molecule has 3 rings (SSSR count). The van der Waals surface area contributed by atoms with Crippen LogP contribution in [0.15, 0.2) is 42.7 Å². The molecule has 1 aromatic heterocycles. The maximum absolute atomic E-state index is 13.1. The van der Waals surface area contributed by atoms with Gasteiger partial charge >= 0.3 is 6.09 Å². The third-order valence-corrected chi connectivity index (χ3v) is 5.21. The average Bonchev–Trinajstić information content (AvgIpc) is 3.13. The van der Waals surface area contributed by atoms with Crippen LogP contribution in [0, 0.1) is 5.41 Å². The van der Waals surface area contributed by atoms with Gasteiger partial charge in [-0.25, -0.2) is 14.4 Å². The smallest absolute Gasteiger partial charge is 0.417 e. The fraction of sp³-hybridized carbons (Fsp3) is 0.522. The molecule has 1 aliphatic rings. The van der Waals surface area contributed by atoms with Gasteiger partial charge in [0.15, 0.2) is 0 Å². The number of amides is 2. The molecule has 0 radical (unpaired) electrons. The van der Waals surface area contributed by atoms with E-state index in [1.165, 1.54) is 4.90 Å². The van der Waals surface area contributed by atoms with Gasteiger partial charge in [-0.3, -0.25) is 4.79 Å². The second-order valence-corrected chi connectivity index (χ2v) is 9.81. The lowest BCUT2D eigenvalue weighted by Gasteiger charge is -2.44. The molecule has 1 aromatic carbocycles. The summed E-state index contributed by atoms with van der Waals surface area (Å²) >= 11 is 0. The number of hydrogen-bond acceptors (Lipinski definition) is 4. The molecule has 2 heterocycles. The largest absolute Gasteiger partial charge is 0.443 e. The lowest BCUT2D eigenvalue weighted by atomic mass is 9.75. The quantitative estimate of drug-likeness (QED) is 0.721. The van der Waals surface area contributed by atoms with Gasteiger partial charge in [-0.2, -0.15) is 5.10 Å². The number of carbonyl (C=O) groups is 2. The summed E-state index contributed by atoms with van der Waals surface area (Å²) in [5, 5.41) is 4.29. The van der Waals surface area contributed by atoms with E-state index in [9.17, 15) is 9.59 Å². The van der Waals surface area contributed by atoms with Gasteiger partial charge in [-0.05, 0) is 62.3 Å². The van der Waals surface area contributed by atoms with Crippen LogP contribution < -0.4 is 0 Å². The number of imide groups is 1. The summed E-state index contributed by atoms with van der Waals surface area (Å²) in [5.74, 6) is -0.138. The first-order chi connectivity index (χ1) is 13.5. The van der Waals surface area contributed by atoms with Gasteiger partial charge in [0.05, 0.1) is 5.69 Å². The predicted octanol–water partition coefficient (Wildman–Crippen LogP) is 4.93. The fourth-order valence-electron chi connectivity index (χ4n) is 3.82. The van der Waals surface area contributed by atoms with Crippen LogP contribution in [0.2, 0.25) is 0 Å². The third-order valence-electron chi connectivity index (χ3n) is 5.21. The first-order valence-electron chi connectivity index (χ1n) is 10.1. The van der Waals surface area contributed by atoms with E-state index in [0.29, 0.717) is 6.42 Å². The van der Waals surface area contributed by atoms with E-state index in [4.69, 9.17) is 4.74 Å². The second kappa shape index (κ2) is 7.65. The number of aromatic nitrogens is 2. The Morgan fingerprint density at radius 3 is 2.45 bits per heavy atom. The molecule has 0 N–H and O–H groups in total. The lowest BCUT2D eigenvalue weighted by Crippen LogP contribution is -2.55. The second-order valence-electron chi connectivity index (χ2n) is 9.81. The van der Waals surface area contributed by atoms with Crippen LogP contribution in [0.3, 0.4) is 0 Å². The van der Waals surface area contributed by atoms with Gasteiger partial charge in [0.2, 0.25) is 5.91 Å². The molecule has 2 amide bonds. The molecule has 0 bridgehead atoms. The highest BCUT2D eigenvalue weighted by Crippen LogP contribution is 2.40. The summed E-state index contributed by atoms with van der Waals surface area (Å²) in [6.07, 6.45) is 4.08. The number of nitrogens with zero attached hydrogens (tertiary/aromatic N) is 3. The highest BCUT2D eigenvalue weighted by atomic mass is 16.6. The van der Waals surface area contributed by atoms with Gasteiger partial charge in [-0.1, -0.05) is 32.9 Å². The fourth-order valence-corrected chi connectivity index (χ4v) is 3.82. The number of piperidine rings is 1. The van der Waals surface area contributed by atoms with E-state index in [0.717, 1.165) is 11.3 Å². The van der Waals surface area contributed by atoms with Gasteiger partial charge in [0.1, 0.15) is 5.60 Å². The molecule has 1 fully saturated rings. The number of likely N-dealkylation sites (tertiary alicyclic amines) is 1.